The van der Waals surface area contributed by atoms with Crippen LogP contribution in [0.4, 0.5) is 26.3 Å². The maximum absolute atomic E-state index is 12.2. The van der Waals surface area contributed by atoms with E-state index < -0.39 is 33.1 Å². The van der Waals surface area contributed by atoms with Crippen LogP contribution in [0.15, 0.2) is 18.5 Å². The molecular formula is C7H3F6NO3S. The summed E-state index contributed by atoms with van der Waals surface area (Å²) in [5.74, 6) is -1.18. The summed E-state index contributed by atoms with van der Waals surface area (Å²) in [6, 6.07) is 0.0935. The van der Waals surface area contributed by atoms with Gasteiger partial charge in [0.1, 0.15) is 0 Å². The molecule has 0 atom stereocenters. The van der Waals surface area contributed by atoms with Gasteiger partial charge in [-0.05, 0) is 6.07 Å². The minimum atomic E-state index is -6.02. The van der Waals surface area contributed by atoms with Crippen LogP contribution in [-0.4, -0.2) is 18.9 Å². The minimum absolute atomic E-state index is 0.0935. The van der Waals surface area contributed by atoms with Crippen LogP contribution in [0.25, 0.3) is 0 Å². The van der Waals surface area contributed by atoms with Crippen molar-refractivity contribution in [3.63, 3.8) is 0 Å². The minimum Gasteiger partial charge on any atom is -0.374 e. The van der Waals surface area contributed by atoms with Crippen LogP contribution in [0.1, 0.15) is 5.56 Å². The van der Waals surface area contributed by atoms with E-state index in [9.17, 15) is 34.8 Å². The van der Waals surface area contributed by atoms with Gasteiger partial charge in [-0.15, -0.1) is 0 Å². The Morgan fingerprint density at radius 2 is 1.61 bits per heavy atom. The van der Waals surface area contributed by atoms with Crippen LogP contribution in [0, 0.1) is 0 Å². The molecule has 0 saturated heterocycles. The topological polar surface area (TPSA) is 56.3 Å². The molecule has 1 rings (SSSR count). The number of halogens is 6. The molecular weight excluding hydrogens is 292 g/mol. The third kappa shape index (κ3) is 3.24. The molecule has 4 nitrogen and oxygen atoms in total. The van der Waals surface area contributed by atoms with Crippen molar-refractivity contribution >= 4 is 10.1 Å². The highest BCUT2D eigenvalue weighted by atomic mass is 32.2. The second-order valence-corrected chi connectivity index (χ2v) is 4.43. The van der Waals surface area contributed by atoms with Crippen molar-refractivity contribution in [1.29, 1.82) is 0 Å². The number of pyridine rings is 1. The first-order valence-corrected chi connectivity index (χ1v) is 5.37. The van der Waals surface area contributed by atoms with E-state index in [0.717, 1.165) is 0 Å². The van der Waals surface area contributed by atoms with Gasteiger partial charge in [0.15, 0.2) is 5.75 Å². The maximum Gasteiger partial charge on any atom is 0.534 e. The Morgan fingerprint density at radius 1 is 1.06 bits per heavy atom. The Labute approximate surface area is 96.3 Å². The molecule has 0 aliphatic heterocycles. The zero-order valence-electron chi connectivity index (χ0n) is 8.08. The van der Waals surface area contributed by atoms with Gasteiger partial charge in [0, 0.05) is 6.20 Å². The van der Waals surface area contributed by atoms with Crippen molar-refractivity contribution in [2.24, 2.45) is 0 Å². The summed E-state index contributed by atoms with van der Waals surface area (Å²) in [6.07, 6.45) is -4.15. The van der Waals surface area contributed by atoms with Crippen molar-refractivity contribution in [1.82, 2.24) is 4.98 Å². The Bertz CT molecular complexity index is 535. The Balaban J connectivity index is 3.08. The molecule has 0 aromatic carbocycles. The molecule has 11 heteroatoms. The second kappa shape index (κ2) is 4.30. The van der Waals surface area contributed by atoms with Crippen LogP contribution in [0.5, 0.6) is 5.75 Å². The number of aromatic nitrogens is 1. The zero-order valence-corrected chi connectivity index (χ0v) is 8.90. The third-order valence-corrected chi connectivity index (χ3v) is 2.51. The van der Waals surface area contributed by atoms with Gasteiger partial charge < -0.3 is 4.18 Å². The van der Waals surface area contributed by atoms with E-state index in [1.165, 1.54) is 0 Å². The van der Waals surface area contributed by atoms with Gasteiger partial charge in [0.25, 0.3) is 0 Å². The van der Waals surface area contributed by atoms with E-state index in [2.05, 4.69) is 9.17 Å². The molecule has 0 radical (unpaired) electrons. The van der Waals surface area contributed by atoms with E-state index in [0.29, 0.717) is 12.4 Å². The highest BCUT2D eigenvalue weighted by Crippen LogP contribution is 2.32. The Kier molecular flexibility index (Phi) is 3.47. The summed E-state index contributed by atoms with van der Waals surface area (Å²) in [4.78, 5) is 2.94. The van der Waals surface area contributed by atoms with E-state index in [4.69, 9.17) is 0 Å². The summed E-state index contributed by atoms with van der Waals surface area (Å²) >= 11 is 0. The maximum atomic E-state index is 12.2. The first-order valence-electron chi connectivity index (χ1n) is 3.96. The first kappa shape index (κ1) is 14.5. The molecule has 1 aromatic rings. The van der Waals surface area contributed by atoms with E-state index >= 15 is 0 Å². The molecule has 0 fully saturated rings. The lowest BCUT2D eigenvalue weighted by atomic mass is 10.3. The van der Waals surface area contributed by atoms with Crippen LogP contribution >= 0.6 is 0 Å². The fraction of sp³-hybridized carbons (Fsp3) is 0.286. The van der Waals surface area contributed by atoms with Gasteiger partial charge >= 0.3 is 21.8 Å². The van der Waals surface area contributed by atoms with Crippen molar-refractivity contribution in [2.45, 2.75) is 11.7 Å². The average molecular weight is 295 g/mol. The highest BCUT2D eigenvalue weighted by molar-refractivity contribution is 7.87. The molecule has 0 unspecified atom stereocenters. The SMILES string of the molecule is O=S(=O)(Oc1cncc(C(F)(F)F)c1)C(F)(F)F. The predicted octanol–water partition coefficient (Wildman–Crippen LogP) is 2.33. The molecule has 0 spiro atoms. The molecule has 0 aliphatic carbocycles. The van der Waals surface area contributed by atoms with Crippen molar-refractivity contribution in [2.75, 3.05) is 0 Å². The quantitative estimate of drug-likeness (QED) is 0.477. The molecule has 0 aliphatic rings. The van der Waals surface area contributed by atoms with Crippen molar-refractivity contribution in [3.05, 3.63) is 24.0 Å². The number of hydrogen-bond donors (Lipinski definition) is 0. The fourth-order valence-electron chi connectivity index (χ4n) is 0.793. The monoisotopic (exact) mass is 295 g/mol. The van der Waals surface area contributed by atoms with E-state index in [1.54, 1.807) is 0 Å². The predicted molar refractivity (Wildman–Crippen MR) is 44.8 cm³/mol. The lowest BCUT2D eigenvalue weighted by Gasteiger charge is -2.10. The average Bonchev–Trinajstić information content (AvgIpc) is 2.14. The number of nitrogens with zero attached hydrogens (tertiary/aromatic N) is 1. The van der Waals surface area contributed by atoms with Gasteiger partial charge in [-0.2, -0.15) is 34.8 Å². The molecule has 0 bridgehead atoms. The van der Waals surface area contributed by atoms with Gasteiger partial charge in [0.05, 0.1) is 11.8 Å². The van der Waals surface area contributed by atoms with Gasteiger partial charge in [-0.1, -0.05) is 0 Å². The zero-order chi connectivity index (χ0) is 14.2. The van der Waals surface area contributed by atoms with Crippen LogP contribution in [0.3, 0.4) is 0 Å². The molecule has 0 amide bonds. The largest absolute Gasteiger partial charge is 0.534 e. The first-order chi connectivity index (χ1) is 7.93. The summed E-state index contributed by atoms with van der Waals surface area (Å²) in [7, 11) is -6.02. The Morgan fingerprint density at radius 3 is 2.06 bits per heavy atom. The summed E-state index contributed by atoms with van der Waals surface area (Å²) in [5.41, 5.74) is -7.17. The van der Waals surface area contributed by atoms with Gasteiger partial charge in [0.2, 0.25) is 0 Å². The lowest BCUT2D eigenvalue weighted by Crippen LogP contribution is -2.28. The standard InChI is InChI=1S/C7H3F6NO3S/c8-6(9,10)4-1-5(3-14-2-4)17-18(15,16)7(11,12)13/h1-3H. The second-order valence-electron chi connectivity index (χ2n) is 2.89. The normalized spacial score (nSPS) is 13.4. The molecule has 102 valence electrons. The highest BCUT2D eigenvalue weighted by Gasteiger charge is 2.48. The van der Waals surface area contributed by atoms with Gasteiger partial charge in [-0.25, -0.2) is 0 Å². The van der Waals surface area contributed by atoms with E-state index in [1.807, 2.05) is 0 Å². The van der Waals surface area contributed by atoms with Crippen LogP contribution in [0.2, 0.25) is 0 Å². The number of alkyl halides is 6. The van der Waals surface area contributed by atoms with E-state index in [-0.39, 0.29) is 6.07 Å². The van der Waals surface area contributed by atoms with Crippen molar-refractivity contribution in [3.8, 4) is 5.75 Å². The molecule has 1 aromatic heterocycles. The summed E-state index contributed by atoms with van der Waals surface area (Å²) in [6.45, 7) is 0. The number of rotatable bonds is 2. The number of hydrogen-bond acceptors (Lipinski definition) is 4. The van der Waals surface area contributed by atoms with Crippen LogP contribution in [-0.2, 0) is 16.3 Å². The molecule has 1 heterocycles. The van der Waals surface area contributed by atoms with Gasteiger partial charge in [-0.3, -0.25) is 4.98 Å². The molecule has 0 saturated carbocycles. The molecule has 0 N–H and O–H groups in total. The molecule has 18 heavy (non-hydrogen) atoms. The summed E-state index contributed by atoms with van der Waals surface area (Å²) < 4.78 is 96.7. The van der Waals surface area contributed by atoms with Crippen LogP contribution < -0.4 is 4.18 Å². The smallest absolute Gasteiger partial charge is 0.374 e. The van der Waals surface area contributed by atoms with Crippen molar-refractivity contribution < 1.29 is 38.9 Å². The third-order valence-electron chi connectivity index (χ3n) is 1.53. The fourth-order valence-corrected chi connectivity index (χ4v) is 1.23. The Hall–Kier alpha value is -1.52. The lowest BCUT2D eigenvalue weighted by molar-refractivity contribution is -0.137. The summed E-state index contributed by atoms with van der Waals surface area (Å²) in [5, 5.41) is 0.